The van der Waals surface area contributed by atoms with Gasteiger partial charge < -0.3 is 14.2 Å². The highest BCUT2D eigenvalue weighted by Gasteiger charge is 2.19. The fraction of sp³-hybridized carbons (Fsp3) is 0.716. The number of carbonyl (C=O) groups excluding carboxylic acids is 3. The molecule has 0 spiro atoms. The van der Waals surface area contributed by atoms with Crippen LogP contribution in [0, 0.1) is 0 Å². The molecule has 0 aromatic rings. The van der Waals surface area contributed by atoms with Gasteiger partial charge in [0.25, 0.3) is 0 Å². The van der Waals surface area contributed by atoms with Crippen molar-refractivity contribution in [2.45, 2.75) is 329 Å². The zero-order valence-corrected chi connectivity index (χ0v) is 52.6. The molecule has 0 radical (unpaired) electrons. The number of hydrogen-bond acceptors (Lipinski definition) is 6. The van der Waals surface area contributed by atoms with Gasteiger partial charge in [0.2, 0.25) is 0 Å². The molecular formula is C74H126O6. The highest BCUT2D eigenvalue weighted by atomic mass is 16.6. The third-order valence-electron chi connectivity index (χ3n) is 14.5. The van der Waals surface area contributed by atoms with Crippen molar-refractivity contribution in [3.05, 3.63) is 109 Å². The Labute approximate surface area is 495 Å². The lowest BCUT2D eigenvalue weighted by atomic mass is 10.0. The number of rotatable bonds is 61. The number of ether oxygens (including phenoxy) is 3. The summed E-state index contributed by atoms with van der Waals surface area (Å²) in [6, 6.07) is 0. The maximum absolute atomic E-state index is 12.9. The molecule has 0 bridgehead atoms. The van der Waals surface area contributed by atoms with Gasteiger partial charge in [0, 0.05) is 19.3 Å². The molecule has 0 saturated heterocycles. The maximum Gasteiger partial charge on any atom is 0.306 e. The van der Waals surface area contributed by atoms with Crippen molar-refractivity contribution in [1.29, 1.82) is 0 Å². The lowest BCUT2D eigenvalue weighted by molar-refractivity contribution is -0.167. The second-order valence-corrected chi connectivity index (χ2v) is 22.4. The summed E-state index contributed by atoms with van der Waals surface area (Å²) in [6.07, 6.45) is 92.4. The van der Waals surface area contributed by atoms with Crippen molar-refractivity contribution >= 4 is 17.9 Å². The Hall–Kier alpha value is -3.93. The zero-order valence-electron chi connectivity index (χ0n) is 52.6. The molecule has 1 atom stereocenters. The SMILES string of the molecule is CC/C=C\C/C=C\C/C=C\C/C=C\C/C=C\C/C=C\C/C=C\CCCCCCCC(=O)OCC(COC(=O)CCCCCCCCCCCCCC)OC(=O)CCCCCCCCCCCCC/C=C\C/C=C\CCCCCCC. The van der Waals surface area contributed by atoms with E-state index in [1.165, 1.54) is 154 Å². The van der Waals surface area contributed by atoms with Gasteiger partial charge in [-0.2, -0.15) is 0 Å². The second kappa shape index (κ2) is 67.6. The van der Waals surface area contributed by atoms with E-state index in [0.29, 0.717) is 19.3 Å². The van der Waals surface area contributed by atoms with Gasteiger partial charge in [-0.25, -0.2) is 0 Å². The van der Waals surface area contributed by atoms with Crippen LogP contribution in [0.1, 0.15) is 323 Å². The summed E-state index contributed by atoms with van der Waals surface area (Å²) in [6.45, 7) is 6.52. The summed E-state index contributed by atoms with van der Waals surface area (Å²) >= 11 is 0. The summed E-state index contributed by atoms with van der Waals surface area (Å²) < 4.78 is 16.9. The summed E-state index contributed by atoms with van der Waals surface area (Å²) in [5.74, 6) is -0.894. The van der Waals surface area contributed by atoms with Gasteiger partial charge in [-0.1, -0.05) is 304 Å². The van der Waals surface area contributed by atoms with Crippen LogP contribution in [0.2, 0.25) is 0 Å². The number of allylic oxidation sites excluding steroid dienone is 18. The van der Waals surface area contributed by atoms with E-state index < -0.39 is 6.10 Å². The van der Waals surface area contributed by atoms with Crippen molar-refractivity contribution in [1.82, 2.24) is 0 Å². The first-order valence-electron chi connectivity index (χ1n) is 33.9. The molecule has 0 aromatic carbocycles. The van der Waals surface area contributed by atoms with Gasteiger partial charge in [0.1, 0.15) is 13.2 Å². The van der Waals surface area contributed by atoms with E-state index in [9.17, 15) is 14.4 Å². The van der Waals surface area contributed by atoms with Crippen molar-refractivity contribution in [2.24, 2.45) is 0 Å². The van der Waals surface area contributed by atoms with Crippen LogP contribution in [0.3, 0.4) is 0 Å². The lowest BCUT2D eigenvalue weighted by Crippen LogP contribution is -2.30. The minimum atomic E-state index is -0.789. The maximum atomic E-state index is 12.9. The molecule has 0 aliphatic carbocycles. The molecule has 0 amide bonds. The van der Waals surface area contributed by atoms with Gasteiger partial charge in [-0.05, 0) is 109 Å². The monoisotopic (exact) mass is 1110 g/mol. The first kappa shape index (κ1) is 76.1. The number of esters is 3. The molecule has 0 aliphatic rings. The van der Waals surface area contributed by atoms with E-state index in [1.807, 2.05) is 0 Å². The Kier molecular flexibility index (Phi) is 64.3. The molecule has 1 unspecified atom stereocenters. The van der Waals surface area contributed by atoms with Crippen LogP contribution in [0.15, 0.2) is 109 Å². The van der Waals surface area contributed by atoms with Crippen molar-refractivity contribution in [3.63, 3.8) is 0 Å². The Morgan fingerprint density at radius 2 is 0.487 bits per heavy atom. The van der Waals surface area contributed by atoms with Crippen molar-refractivity contribution < 1.29 is 28.6 Å². The Balaban J connectivity index is 4.34. The van der Waals surface area contributed by atoms with E-state index in [2.05, 4.69) is 130 Å². The number of hydrogen-bond donors (Lipinski definition) is 0. The molecule has 0 N–H and O–H groups in total. The Bertz CT molecular complexity index is 1610. The van der Waals surface area contributed by atoms with Crippen LogP contribution in [0.25, 0.3) is 0 Å². The molecule has 458 valence electrons. The van der Waals surface area contributed by atoms with Crippen LogP contribution in [-0.4, -0.2) is 37.2 Å². The Morgan fingerprint density at radius 3 is 0.762 bits per heavy atom. The molecule has 0 aliphatic heterocycles. The van der Waals surface area contributed by atoms with Gasteiger partial charge >= 0.3 is 17.9 Å². The van der Waals surface area contributed by atoms with E-state index in [4.69, 9.17) is 14.2 Å². The van der Waals surface area contributed by atoms with Crippen LogP contribution >= 0.6 is 0 Å². The molecule has 0 rings (SSSR count). The van der Waals surface area contributed by atoms with Crippen LogP contribution in [0.5, 0.6) is 0 Å². The molecule has 0 heterocycles. The number of carbonyl (C=O) groups is 3. The van der Waals surface area contributed by atoms with Crippen molar-refractivity contribution in [3.8, 4) is 0 Å². The molecule has 0 fully saturated rings. The Morgan fingerprint density at radius 1 is 0.263 bits per heavy atom. The van der Waals surface area contributed by atoms with E-state index in [0.717, 1.165) is 128 Å². The van der Waals surface area contributed by atoms with Crippen molar-refractivity contribution in [2.75, 3.05) is 13.2 Å². The van der Waals surface area contributed by atoms with Crippen LogP contribution < -0.4 is 0 Å². The minimum Gasteiger partial charge on any atom is -0.462 e. The summed E-state index contributed by atoms with van der Waals surface area (Å²) in [7, 11) is 0. The molecule has 6 nitrogen and oxygen atoms in total. The van der Waals surface area contributed by atoms with E-state index >= 15 is 0 Å². The molecule has 6 heteroatoms. The summed E-state index contributed by atoms with van der Waals surface area (Å²) in [4.78, 5) is 38.4. The van der Waals surface area contributed by atoms with Gasteiger partial charge in [-0.15, -0.1) is 0 Å². The fourth-order valence-electron chi connectivity index (χ4n) is 9.45. The van der Waals surface area contributed by atoms with Gasteiger partial charge in [0.15, 0.2) is 6.10 Å². The average molecular weight is 1110 g/mol. The highest BCUT2D eigenvalue weighted by molar-refractivity contribution is 5.71. The third-order valence-corrected chi connectivity index (χ3v) is 14.5. The first-order valence-corrected chi connectivity index (χ1v) is 33.9. The molecule has 80 heavy (non-hydrogen) atoms. The molecule has 0 aromatic heterocycles. The quantitative estimate of drug-likeness (QED) is 0.0261. The summed E-state index contributed by atoms with van der Waals surface area (Å²) in [5.41, 5.74) is 0. The topological polar surface area (TPSA) is 78.9 Å². The smallest absolute Gasteiger partial charge is 0.306 e. The van der Waals surface area contributed by atoms with Crippen LogP contribution in [0.4, 0.5) is 0 Å². The zero-order chi connectivity index (χ0) is 57.8. The highest BCUT2D eigenvalue weighted by Crippen LogP contribution is 2.16. The fourth-order valence-corrected chi connectivity index (χ4v) is 9.45. The van der Waals surface area contributed by atoms with E-state index in [1.54, 1.807) is 0 Å². The van der Waals surface area contributed by atoms with Gasteiger partial charge in [-0.3, -0.25) is 14.4 Å². The lowest BCUT2D eigenvalue weighted by Gasteiger charge is -2.18. The normalized spacial score (nSPS) is 12.8. The number of unbranched alkanes of at least 4 members (excludes halogenated alkanes) is 32. The molecule has 0 saturated carbocycles. The molecular weight excluding hydrogens is 985 g/mol. The third kappa shape index (κ3) is 64.9. The summed E-state index contributed by atoms with van der Waals surface area (Å²) in [5, 5.41) is 0. The van der Waals surface area contributed by atoms with Crippen LogP contribution in [-0.2, 0) is 28.6 Å². The predicted molar refractivity (Wildman–Crippen MR) is 348 cm³/mol. The first-order chi connectivity index (χ1) is 39.5. The van der Waals surface area contributed by atoms with Gasteiger partial charge in [0.05, 0.1) is 0 Å². The largest absolute Gasteiger partial charge is 0.462 e. The second-order valence-electron chi connectivity index (χ2n) is 22.4. The van der Waals surface area contributed by atoms with E-state index in [-0.39, 0.29) is 31.1 Å². The minimum absolute atomic E-state index is 0.0831. The average Bonchev–Trinajstić information content (AvgIpc) is 3.46. The predicted octanol–water partition coefficient (Wildman–Crippen LogP) is 23.4. The standard InChI is InChI=1S/C74H126O6/c1-4-7-10-13-16-19-22-25-27-29-31-33-35-36-37-38-40-41-43-45-47-49-52-55-58-61-64-67-73(76)79-70-71(69-78-72(75)66-63-60-57-54-51-24-21-18-15-12-9-6-3)80-74(77)68-65-62-59-56-53-50-48-46-44-42-39-34-32-30-28-26-23-20-17-14-11-8-5-2/h7,10,16,19,23,25-27,30-33,36-37,40-41,45,47,71H,4-6,8-9,11-15,17-18,20-22,24,28-29,34-35,38-39,42-44,46,48-70H2,1-3H3/b10-7-,19-16-,26-23-,27-25-,32-30-,33-31-,37-36-,41-40-,47-45-.